The standard InChI is InChI=1S/C21H26O2S.C14H18O2.2CH4/c1-4-5-7-10-17-14-13-16(2)20(21(22)23-3)19(17)15-24-18-11-8-6-9-12-18;1-3-4-5-6-11-8-7-10(2)13-12(11)9-16-14(13)15;;/h6,8-9,11-14H,4-5,7,10,15H2,1-3H3;7-8H,3-6,9H2,1-2H3;2*1H4/i;;2*1T. The van der Waals surface area contributed by atoms with E-state index in [-0.39, 0.29) is 11.9 Å². The third kappa shape index (κ3) is 10.0. The van der Waals surface area contributed by atoms with E-state index >= 15 is 0 Å². The van der Waals surface area contributed by atoms with Crippen LogP contribution in [-0.4, -0.2) is 19.0 Å². The average Bonchev–Trinajstić information content (AvgIpc) is 3.46. The molecule has 42 heavy (non-hydrogen) atoms. The molecular formula is C37H52O4S. The quantitative estimate of drug-likeness (QED) is 0.118. The molecule has 0 atom stereocenters. The smallest absolute Gasteiger partial charge is 0.339 e. The Morgan fingerprint density at radius 1 is 0.881 bits per heavy atom. The van der Waals surface area contributed by atoms with Crippen LogP contribution in [0.2, 0.25) is 0 Å². The number of cyclic esters (lactones) is 1. The maximum atomic E-state index is 12.3. The van der Waals surface area contributed by atoms with Gasteiger partial charge in [-0.1, -0.05) is 96.8 Å². The molecule has 0 saturated heterocycles. The van der Waals surface area contributed by atoms with E-state index in [1.54, 1.807) is 11.8 Å². The molecule has 0 aromatic heterocycles. The van der Waals surface area contributed by atoms with Gasteiger partial charge in [-0.05, 0) is 79.5 Å². The van der Waals surface area contributed by atoms with Crippen molar-refractivity contribution in [2.24, 2.45) is 0 Å². The van der Waals surface area contributed by atoms with Gasteiger partial charge in [0.1, 0.15) is 6.61 Å². The maximum absolute atomic E-state index is 12.3. The van der Waals surface area contributed by atoms with Crippen molar-refractivity contribution in [2.75, 3.05) is 7.11 Å². The fourth-order valence-electron chi connectivity index (χ4n) is 5.10. The molecule has 3 aromatic rings. The summed E-state index contributed by atoms with van der Waals surface area (Å²) in [6, 6.07) is 18.7. The van der Waals surface area contributed by atoms with Gasteiger partial charge in [-0.2, -0.15) is 0 Å². The van der Waals surface area contributed by atoms with Gasteiger partial charge >= 0.3 is 11.9 Å². The molecular weight excluding hydrogens is 540 g/mol. The SMILES string of the molecule is CCCCCc1ccc(C)c(C(=O)OC)c1CSc1ccccc1.CCCCCc1ccc(C)c2c1COC2=O.[3H]C.[3H]C. The number of thioether (sulfide) groups is 1. The maximum Gasteiger partial charge on any atom is 0.339 e. The third-order valence-electron chi connectivity index (χ3n) is 7.40. The first-order valence-corrected chi connectivity index (χ1v) is 15.6. The molecule has 0 spiro atoms. The highest BCUT2D eigenvalue weighted by Crippen LogP contribution is 2.30. The summed E-state index contributed by atoms with van der Waals surface area (Å²) >= 11 is 1.77. The Kier molecular flexibility index (Phi) is 15.3. The first-order valence-electron chi connectivity index (χ1n) is 16.6. The van der Waals surface area contributed by atoms with Crippen LogP contribution in [0.3, 0.4) is 0 Å². The Morgan fingerprint density at radius 2 is 1.48 bits per heavy atom. The Labute approximate surface area is 262 Å². The van der Waals surface area contributed by atoms with Crippen molar-refractivity contribution in [3.63, 3.8) is 0 Å². The fourth-order valence-corrected chi connectivity index (χ4v) is 6.09. The van der Waals surface area contributed by atoms with Crippen LogP contribution in [0.1, 0.15) is 124 Å². The predicted octanol–water partition coefficient (Wildman–Crippen LogP) is 10.5. The van der Waals surface area contributed by atoms with E-state index in [0.29, 0.717) is 6.61 Å². The Balaban J connectivity index is 0.000000419. The first kappa shape index (κ1) is 33.5. The van der Waals surface area contributed by atoms with Crippen molar-refractivity contribution in [3.8, 4) is 0 Å². The summed E-state index contributed by atoms with van der Waals surface area (Å²) in [5.74, 6) is 0.413. The summed E-state index contributed by atoms with van der Waals surface area (Å²) in [7, 11) is 3.96. The molecule has 1 aliphatic rings. The molecule has 3 aromatic carbocycles. The summed E-state index contributed by atoms with van der Waals surface area (Å²) in [5, 5.41) is 0. The molecule has 4 nitrogen and oxygen atoms in total. The second-order valence-electron chi connectivity index (χ2n) is 10.4. The van der Waals surface area contributed by atoms with Crippen molar-refractivity contribution in [2.45, 2.75) is 111 Å². The molecule has 0 unspecified atom stereocenters. The molecule has 5 heteroatoms. The molecule has 0 N–H and O–H groups in total. The number of rotatable bonds is 12. The monoisotopic (exact) mass is 596 g/mol. The second-order valence-corrected chi connectivity index (χ2v) is 11.4. The van der Waals surface area contributed by atoms with E-state index in [9.17, 15) is 9.59 Å². The molecule has 1 aliphatic heterocycles. The van der Waals surface area contributed by atoms with Gasteiger partial charge in [0.15, 0.2) is 0 Å². The van der Waals surface area contributed by atoms with Crippen molar-refractivity contribution in [1.29, 1.82) is 0 Å². The van der Waals surface area contributed by atoms with E-state index in [2.05, 4.69) is 38.1 Å². The summed E-state index contributed by atoms with van der Waals surface area (Å²) < 4.78 is 21.7. The van der Waals surface area contributed by atoms with Crippen LogP contribution in [0.25, 0.3) is 0 Å². The number of carbonyl (C=O) groups is 2. The minimum absolute atomic E-state index is 0.148. The number of methoxy groups -OCH3 is 1. The number of esters is 2. The van der Waals surface area contributed by atoms with Crippen LogP contribution < -0.4 is 0 Å². The zero-order chi connectivity index (χ0) is 32.9. The summed E-state index contributed by atoms with van der Waals surface area (Å²) in [4.78, 5) is 25.1. The van der Waals surface area contributed by atoms with Gasteiger partial charge in [0.2, 0.25) is 0 Å². The van der Waals surface area contributed by atoms with Gasteiger partial charge in [-0.15, -0.1) is 11.8 Å². The fraction of sp³-hybridized carbons (Fsp3) is 0.459. The highest BCUT2D eigenvalue weighted by atomic mass is 32.2. The van der Waals surface area contributed by atoms with Crippen molar-refractivity contribution in [1.82, 2.24) is 0 Å². The highest BCUT2D eigenvalue weighted by molar-refractivity contribution is 7.98. The highest BCUT2D eigenvalue weighted by Gasteiger charge is 2.25. The van der Waals surface area contributed by atoms with Crippen LogP contribution in [0.15, 0.2) is 59.5 Å². The number of hydrogen-bond donors (Lipinski definition) is 0. The number of hydrogen-bond acceptors (Lipinski definition) is 5. The van der Waals surface area contributed by atoms with Gasteiger partial charge in [0.05, 0.1) is 18.2 Å². The number of fused-ring (bicyclic) bond motifs is 1. The third-order valence-corrected chi connectivity index (χ3v) is 8.44. The van der Waals surface area contributed by atoms with Gasteiger partial charge < -0.3 is 9.47 Å². The van der Waals surface area contributed by atoms with E-state index in [4.69, 9.17) is 12.2 Å². The molecule has 0 bridgehead atoms. The number of ether oxygens (including phenoxy) is 2. The predicted molar refractivity (Wildman–Crippen MR) is 179 cm³/mol. The number of unbranched alkanes of at least 4 members (excludes halogenated alkanes) is 4. The van der Waals surface area contributed by atoms with E-state index in [1.807, 2.05) is 44.2 Å². The molecule has 0 aliphatic carbocycles. The van der Waals surface area contributed by atoms with E-state index in [1.165, 1.54) is 70.0 Å². The second kappa shape index (κ2) is 19.2. The molecule has 1 heterocycles. The Hall–Kier alpha value is -3.05. The normalized spacial score (nSPS) is 11.6. The first-order chi connectivity index (χ1) is 21.4. The van der Waals surface area contributed by atoms with Crippen molar-refractivity contribution < 1.29 is 21.8 Å². The number of aryl methyl sites for hydroxylation is 4. The summed E-state index contributed by atoms with van der Waals surface area (Å²) in [6.45, 7) is 8.84. The Bertz CT molecular complexity index is 1280. The lowest BCUT2D eigenvalue weighted by molar-refractivity contribution is 0.0533. The van der Waals surface area contributed by atoms with Crippen LogP contribution in [0, 0.1) is 13.8 Å². The van der Waals surface area contributed by atoms with Crippen LogP contribution in [-0.2, 0) is 34.7 Å². The van der Waals surface area contributed by atoms with Crippen LogP contribution in [0.4, 0.5) is 0 Å². The minimum Gasteiger partial charge on any atom is -0.465 e. The zero-order valence-corrected chi connectivity index (χ0v) is 27.6. The number of benzene rings is 3. The van der Waals surface area contributed by atoms with Crippen LogP contribution >= 0.6 is 11.8 Å². The van der Waals surface area contributed by atoms with Gasteiger partial charge in [0, 0.05) is 19.0 Å². The van der Waals surface area contributed by atoms with Crippen molar-refractivity contribution in [3.05, 3.63) is 99.1 Å². The van der Waals surface area contributed by atoms with Crippen LogP contribution in [0.5, 0.6) is 0 Å². The minimum atomic E-state index is -0.228. The lowest BCUT2D eigenvalue weighted by Crippen LogP contribution is -2.10. The Morgan fingerprint density at radius 3 is 2.10 bits per heavy atom. The van der Waals surface area contributed by atoms with Crippen molar-refractivity contribution >= 4 is 23.7 Å². The van der Waals surface area contributed by atoms with E-state index < -0.39 is 0 Å². The molecule has 4 rings (SSSR count). The summed E-state index contributed by atoms with van der Waals surface area (Å²) in [5.41, 5.74) is 8.41. The lowest BCUT2D eigenvalue weighted by Gasteiger charge is -2.16. The van der Waals surface area contributed by atoms with E-state index in [0.717, 1.165) is 58.4 Å². The molecule has 0 saturated carbocycles. The summed E-state index contributed by atoms with van der Waals surface area (Å²) in [6.07, 6.45) is 9.32. The number of carbonyl (C=O) groups excluding carboxylic acids is 2. The molecule has 0 fully saturated rings. The molecule has 230 valence electrons. The van der Waals surface area contributed by atoms with Gasteiger partial charge in [-0.3, -0.25) is 0 Å². The molecule has 0 radical (unpaired) electrons. The zero-order valence-electron chi connectivity index (χ0n) is 28.8. The lowest BCUT2D eigenvalue weighted by atomic mass is 9.94. The largest absolute Gasteiger partial charge is 0.465 e. The van der Waals surface area contributed by atoms with Gasteiger partial charge in [0.25, 0.3) is 0 Å². The topological polar surface area (TPSA) is 52.6 Å². The van der Waals surface area contributed by atoms with Gasteiger partial charge in [-0.25, -0.2) is 9.59 Å². The molecule has 0 amide bonds. The average molecular weight is 597 g/mol.